The molecule has 0 fully saturated rings. The molecular formula is C14H13NO4. The molecule has 2 rings (SSSR count). The van der Waals surface area contributed by atoms with Crippen molar-refractivity contribution in [3.05, 3.63) is 59.5 Å². The van der Waals surface area contributed by atoms with Gasteiger partial charge in [0, 0.05) is 24.7 Å². The molecule has 0 saturated heterocycles. The molecule has 1 amide bonds. The normalized spacial score (nSPS) is 10.2. The minimum atomic E-state index is -1.05. The highest BCUT2D eigenvalue weighted by atomic mass is 16.4. The Hall–Kier alpha value is -2.56. The van der Waals surface area contributed by atoms with Crippen LogP contribution in [0.5, 0.6) is 0 Å². The van der Waals surface area contributed by atoms with Crippen LogP contribution in [-0.4, -0.2) is 28.9 Å². The molecule has 1 aromatic heterocycles. The molecule has 5 nitrogen and oxygen atoms in total. The Morgan fingerprint density at radius 3 is 2.63 bits per heavy atom. The lowest BCUT2D eigenvalue weighted by molar-refractivity contribution is 0.0697. The van der Waals surface area contributed by atoms with E-state index < -0.39 is 5.97 Å². The van der Waals surface area contributed by atoms with Crippen LogP contribution in [0.3, 0.4) is 0 Å². The first kappa shape index (κ1) is 12.9. The van der Waals surface area contributed by atoms with Crippen LogP contribution in [0.1, 0.15) is 26.3 Å². The van der Waals surface area contributed by atoms with Gasteiger partial charge in [-0.15, -0.1) is 0 Å². The van der Waals surface area contributed by atoms with Gasteiger partial charge in [-0.25, -0.2) is 4.79 Å². The van der Waals surface area contributed by atoms with Gasteiger partial charge in [0.2, 0.25) is 0 Å². The Morgan fingerprint density at radius 1 is 1.26 bits per heavy atom. The largest absolute Gasteiger partial charge is 0.478 e. The van der Waals surface area contributed by atoms with E-state index in [1.54, 1.807) is 37.8 Å². The predicted molar refractivity (Wildman–Crippen MR) is 67.9 cm³/mol. The van der Waals surface area contributed by atoms with E-state index in [1.165, 1.54) is 17.0 Å². The summed E-state index contributed by atoms with van der Waals surface area (Å²) in [4.78, 5) is 24.5. The lowest BCUT2D eigenvalue weighted by Gasteiger charge is -2.16. The van der Waals surface area contributed by atoms with Gasteiger partial charge >= 0.3 is 5.97 Å². The molecule has 0 atom stereocenters. The number of benzene rings is 1. The van der Waals surface area contributed by atoms with Crippen LogP contribution in [0.2, 0.25) is 0 Å². The van der Waals surface area contributed by atoms with Gasteiger partial charge in [-0.05, 0) is 24.3 Å². The van der Waals surface area contributed by atoms with Crippen LogP contribution in [0.25, 0.3) is 0 Å². The molecule has 2 aromatic rings. The number of nitrogens with zero attached hydrogens (tertiary/aromatic N) is 1. The Balaban J connectivity index is 2.14. The summed E-state index contributed by atoms with van der Waals surface area (Å²) in [6, 6.07) is 7.76. The lowest BCUT2D eigenvalue weighted by atomic mass is 10.1. The minimum absolute atomic E-state index is 0.0996. The third-order valence-electron chi connectivity index (χ3n) is 2.70. The van der Waals surface area contributed by atoms with Crippen molar-refractivity contribution in [1.29, 1.82) is 0 Å². The molecular weight excluding hydrogens is 246 g/mol. The maximum atomic E-state index is 12.1. The van der Waals surface area contributed by atoms with E-state index in [4.69, 9.17) is 9.52 Å². The third kappa shape index (κ3) is 3.01. The van der Waals surface area contributed by atoms with E-state index in [9.17, 15) is 9.59 Å². The van der Waals surface area contributed by atoms with E-state index in [-0.39, 0.29) is 11.5 Å². The topological polar surface area (TPSA) is 70.8 Å². The molecule has 98 valence electrons. The van der Waals surface area contributed by atoms with Gasteiger partial charge in [0.05, 0.1) is 18.1 Å². The highest BCUT2D eigenvalue weighted by Crippen LogP contribution is 2.11. The number of carbonyl (C=O) groups is 2. The number of carboxylic acid groups (broad SMARTS) is 1. The summed E-state index contributed by atoms with van der Waals surface area (Å²) in [5, 5.41) is 8.90. The van der Waals surface area contributed by atoms with Crippen molar-refractivity contribution in [2.75, 3.05) is 7.05 Å². The zero-order valence-corrected chi connectivity index (χ0v) is 10.4. The van der Waals surface area contributed by atoms with E-state index in [0.29, 0.717) is 12.1 Å². The first-order chi connectivity index (χ1) is 9.08. The highest BCUT2D eigenvalue weighted by molar-refractivity contribution is 5.97. The summed E-state index contributed by atoms with van der Waals surface area (Å²) < 4.78 is 4.94. The second-order valence-electron chi connectivity index (χ2n) is 4.18. The molecule has 19 heavy (non-hydrogen) atoms. The number of aromatic carboxylic acids is 1. The number of hydrogen-bond donors (Lipinski definition) is 1. The number of furan rings is 1. The number of hydrogen-bond acceptors (Lipinski definition) is 3. The second kappa shape index (κ2) is 5.39. The fraction of sp³-hybridized carbons (Fsp3) is 0.143. The van der Waals surface area contributed by atoms with E-state index in [1.807, 2.05) is 0 Å². The summed E-state index contributed by atoms with van der Waals surface area (Å²) >= 11 is 0. The molecule has 1 heterocycles. The van der Waals surface area contributed by atoms with Crippen LogP contribution in [0.4, 0.5) is 0 Å². The fourth-order valence-corrected chi connectivity index (χ4v) is 1.73. The predicted octanol–water partition coefficient (Wildman–Crippen LogP) is 2.25. The van der Waals surface area contributed by atoms with E-state index >= 15 is 0 Å². The molecule has 0 spiro atoms. The van der Waals surface area contributed by atoms with Crippen molar-refractivity contribution in [3.8, 4) is 0 Å². The number of carbonyl (C=O) groups excluding carboxylic acids is 1. The third-order valence-corrected chi connectivity index (χ3v) is 2.70. The van der Waals surface area contributed by atoms with Crippen molar-refractivity contribution in [3.63, 3.8) is 0 Å². The minimum Gasteiger partial charge on any atom is -0.478 e. The molecule has 0 saturated carbocycles. The Kier molecular flexibility index (Phi) is 3.66. The average molecular weight is 259 g/mol. The molecule has 0 aliphatic rings. The van der Waals surface area contributed by atoms with Crippen LogP contribution in [0.15, 0.2) is 47.3 Å². The number of amides is 1. The Morgan fingerprint density at radius 2 is 2.00 bits per heavy atom. The van der Waals surface area contributed by atoms with Crippen LogP contribution in [-0.2, 0) is 6.54 Å². The van der Waals surface area contributed by atoms with Gasteiger partial charge < -0.3 is 14.4 Å². The van der Waals surface area contributed by atoms with E-state index in [2.05, 4.69) is 0 Å². The molecule has 1 N–H and O–H groups in total. The van der Waals surface area contributed by atoms with Gasteiger partial charge in [0.15, 0.2) is 0 Å². The molecule has 0 aliphatic heterocycles. The zero-order chi connectivity index (χ0) is 13.8. The smallest absolute Gasteiger partial charge is 0.335 e. The standard InChI is InChI=1S/C14H13NO4/c1-15(8-10-5-6-19-9-10)13(16)11-3-2-4-12(7-11)14(17)18/h2-7,9H,8H2,1H3,(H,17,18). The van der Waals surface area contributed by atoms with Gasteiger partial charge in [-0.1, -0.05) is 6.07 Å². The van der Waals surface area contributed by atoms with Crippen LogP contribution in [0, 0.1) is 0 Å². The maximum Gasteiger partial charge on any atom is 0.335 e. The quantitative estimate of drug-likeness (QED) is 0.914. The van der Waals surface area contributed by atoms with Crippen molar-refractivity contribution in [2.24, 2.45) is 0 Å². The molecule has 5 heteroatoms. The van der Waals surface area contributed by atoms with Crippen LogP contribution >= 0.6 is 0 Å². The van der Waals surface area contributed by atoms with Gasteiger partial charge in [-0.2, -0.15) is 0 Å². The van der Waals surface area contributed by atoms with Crippen molar-refractivity contribution in [2.45, 2.75) is 6.54 Å². The van der Waals surface area contributed by atoms with Gasteiger partial charge in [-0.3, -0.25) is 4.79 Å². The average Bonchev–Trinajstić information content (AvgIpc) is 2.90. The first-order valence-corrected chi connectivity index (χ1v) is 5.68. The van der Waals surface area contributed by atoms with Crippen LogP contribution < -0.4 is 0 Å². The summed E-state index contributed by atoms with van der Waals surface area (Å²) in [6.45, 7) is 0.409. The fourth-order valence-electron chi connectivity index (χ4n) is 1.73. The second-order valence-corrected chi connectivity index (χ2v) is 4.18. The first-order valence-electron chi connectivity index (χ1n) is 5.68. The summed E-state index contributed by atoms with van der Waals surface area (Å²) in [5.74, 6) is -1.28. The van der Waals surface area contributed by atoms with Crippen molar-refractivity contribution < 1.29 is 19.1 Å². The van der Waals surface area contributed by atoms with Crippen molar-refractivity contribution in [1.82, 2.24) is 4.90 Å². The summed E-state index contributed by atoms with van der Waals surface area (Å²) in [7, 11) is 1.66. The highest BCUT2D eigenvalue weighted by Gasteiger charge is 2.14. The summed E-state index contributed by atoms with van der Waals surface area (Å²) in [6.07, 6.45) is 3.11. The summed E-state index contributed by atoms with van der Waals surface area (Å²) in [5.41, 5.74) is 1.33. The Labute approximate surface area is 110 Å². The monoisotopic (exact) mass is 259 g/mol. The SMILES string of the molecule is CN(Cc1ccoc1)C(=O)c1cccc(C(=O)O)c1. The molecule has 0 bridgehead atoms. The Bertz CT molecular complexity index is 589. The van der Waals surface area contributed by atoms with Crippen molar-refractivity contribution >= 4 is 11.9 Å². The molecule has 0 aliphatic carbocycles. The van der Waals surface area contributed by atoms with E-state index in [0.717, 1.165) is 5.56 Å². The maximum absolute atomic E-state index is 12.1. The molecule has 1 aromatic carbocycles. The van der Waals surface area contributed by atoms with Gasteiger partial charge in [0.1, 0.15) is 0 Å². The number of carboxylic acids is 1. The molecule has 0 unspecified atom stereocenters. The zero-order valence-electron chi connectivity index (χ0n) is 10.4. The van der Waals surface area contributed by atoms with Gasteiger partial charge in [0.25, 0.3) is 5.91 Å². The lowest BCUT2D eigenvalue weighted by Crippen LogP contribution is -2.26. The number of rotatable bonds is 4. The molecule has 0 radical (unpaired) electrons.